The van der Waals surface area contributed by atoms with E-state index >= 15 is 0 Å². The van der Waals surface area contributed by atoms with Gasteiger partial charge in [-0.2, -0.15) is 0 Å². The number of nitrogens with zero attached hydrogens (tertiary/aromatic N) is 4. The first-order valence-corrected chi connectivity index (χ1v) is 9.79. The van der Waals surface area contributed by atoms with E-state index in [9.17, 15) is 0 Å². The van der Waals surface area contributed by atoms with Crippen molar-refractivity contribution in [3.63, 3.8) is 0 Å². The van der Waals surface area contributed by atoms with Gasteiger partial charge in [0.15, 0.2) is 10.1 Å². The van der Waals surface area contributed by atoms with Crippen LogP contribution in [-0.4, -0.2) is 20.4 Å². The van der Waals surface area contributed by atoms with Gasteiger partial charge in [-0.1, -0.05) is 42.2 Å². The summed E-state index contributed by atoms with van der Waals surface area (Å²) in [5, 5.41) is 20.4. The predicted octanol–water partition coefficient (Wildman–Crippen LogP) is 4.78. The van der Waals surface area contributed by atoms with E-state index in [1.165, 1.54) is 28.7 Å². The van der Waals surface area contributed by atoms with Crippen LogP contribution < -0.4 is 5.32 Å². The zero-order valence-corrected chi connectivity index (χ0v) is 15.5. The molecule has 3 aromatic heterocycles. The first-order chi connectivity index (χ1) is 12.8. The Morgan fingerprint density at radius 3 is 2.73 bits per heavy atom. The Labute approximate surface area is 157 Å². The Morgan fingerprint density at radius 2 is 1.96 bits per heavy atom. The molecule has 3 heterocycles. The average Bonchev–Trinajstić information content (AvgIpc) is 3.42. The van der Waals surface area contributed by atoms with Crippen LogP contribution in [0.2, 0.25) is 0 Å². The van der Waals surface area contributed by atoms with Crippen molar-refractivity contribution in [2.75, 3.05) is 5.32 Å². The van der Waals surface area contributed by atoms with Crippen LogP contribution in [0.25, 0.3) is 11.7 Å². The van der Waals surface area contributed by atoms with Gasteiger partial charge in [0.2, 0.25) is 11.0 Å². The molecule has 0 spiro atoms. The summed E-state index contributed by atoms with van der Waals surface area (Å²) >= 11 is 2.98. The molecule has 26 heavy (non-hydrogen) atoms. The summed E-state index contributed by atoms with van der Waals surface area (Å²) in [4.78, 5) is 0. The Hall–Kier alpha value is -2.65. The molecule has 0 atom stereocenters. The summed E-state index contributed by atoms with van der Waals surface area (Å²) in [5.41, 5.74) is 2.30. The zero-order chi connectivity index (χ0) is 17.8. The molecule has 7 nitrogen and oxygen atoms in total. The fraction of sp³-hybridized carbons (Fsp3) is 0.176. The topological polar surface area (TPSA) is 89.9 Å². The van der Waals surface area contributed by atoms with Crippen molar-refractivity contribution >= 4 is 33.9 Å². The standard InChI is InChI=1S/C17H15N5O2S2/c1-2-11-5-7-12(8-6-11)18-16-21-22-17(26-16)25-10-14-19-20-15(24-14)13-4-3-9-23-13/h3-9H,2,10H2,1H3,(H,18,21). The SMILES string of the molecule is CCc1ccc(Nc2nnc(SCc3nnc(-c4ccco4)o3)s2)cc1. The average molecular weight is 385 g/mol. The summed E-state index contributed by atoms with van der Waals surface area (Å²) in [6.07, 6.45) is 2.59. The third kappa shape index (κ3) is 3.94. The molecular weight excluding hydrogens is 370 g/mol. The maximum absolute atomic E-state index is 5.58. The van der Waals surface area contributed by atoms with Gasteiger partial charge in [0.05, 0.1) is 12.0 Å². The second-order valence-corrected chi connectivity index (χ2v) is 7.52. The summed E-state index contributed by atoms with van der Waals surface area (Å²) in [7, 11) is 0. The second kappa shape index (κ2) is 7.71. The van der Waals surface area contributed by atoms with E-state index in [0.29, 0.717) is 23.3 Å². The largest absolute Gasteiger partial charge is 0.459 e. The molecule has 0 saturated heterocycles. The smallest absolute Gasteiger partial charge is 0.283 e. The van der Waals surface area contributed by atoms with Crippen LogP contribution in [0.3, 0.4) is 0 Å². The fourth-order valence-electron chi connectivity index (χ4n) is 2.20. The molecule has 0 aliphatic carbocycles. The van der Waals surface area contributed by atoms with Gasteiger partial charge in [0, 0.05) is 5.69 Å². The number of hydrogen-bond acceptors (Lipinski definition) is 9. The number of rotatable bonds is 7. The van der Waals surface area contributed by atoms with Crippen molar-refractivity contribution in [3.05, 3.63) is 54.1 Å². The molecule has 9 heteroatoms. The highest BCUT2D eigenvalue weighted by atomic mass is 32.2. The lowest BCUT2D eigenvalue weighted by atomic mass is 10.1. The minimum absolute atomic E-state index is 0.376. The van der Waals surface area contributed by atoms with Crippen molar-refractivity contribution in [2.45, 2.75) is 23.4 Å². The number of anilines is 2. The number of furan rings is 1. The molecule has 1 N–H and O–H groups in total. The molecular formula is C17H15N5O2S2. The lowest BCUT2D eigenvalue weighted by Gasteiger charge is -2.02. The van der Waals surface area contributed by atoms with E-state index in [0.717, 1.165) is 21.6 Å². The number of benzene rings is 1. The summed E-state index contributed by atoms with van der Waals surface area (Å²) in [5.74, 6) is 1.97. The lowest BCUT2D eigenvalue weighted by molar-refractivity contribution is 0.494. The molecule has 4 aromatic rings. The van der Waals surface area contributed by atoms with Gasteiger partial charge in [-0.05, 0) is 36.2 Å². The zero-order valence-electron chi connectivity index (χ0n) is 13.9. The third-order valence-corrected chi connectivity index (χ3v) is 5.49. The van der Waals surface area contributed by atoms with Crippen LogP contribution >= 0.6 is 23.1 Å². The van der Waals surface area contributed by atoms with Gasteiger partial charge < -0.3 is 14.2 Å². The van der Waals surface area contributed by atoms with E-state index in [4.69, 9.17) is 8.83 Å². The molecule has 0 fully saturated rings. The lowest BCUT2D eigenvalue weighted by Crippen LogP contribution is -1.89. The molecule has 0 bridgehead atoms. The van der Waals surface area contributed by atoms with Crippen LogP contribution in [0.15, 0.2) is 55.8 Å². The number of aromatic nitrogens is 4. The van der Waals surface area contributed by atoms with Crippen molar-refractivity contribution in [1.82, 2.24) is 20.4 Å². The summed E-state index contributed by atoms with van der Waals surface area (Å²) < 4.78 is 11.6. The second-order valence-electron chi connectivity index (χ2n) is 5.32. The minimum atomic E-state index is 0.376. The predicted molar refractivity (Wildman–Crippen MR) is 101 cm³/mol. The van der Waals surface area contributed by atoms with Gasteiger partial charge >= 0.3 is 0 Å². The number of thioether (sulfide) groups is 1. The normalized spacial score (nSPS) is 11.0. The Kier molecular flexibility index (Phi) is 4.98. The van der Waals surface area contributed by atoms with Gasteiger partial charge in [-0.25, -0.2) is 0 Å². The first-order valence-electron chi connectivity index (χ1n) is 7.98. The number of nitrogens with one attached hydrogen (secondary N) is 1. The fourth-order valence-corrected chi connectivity index (χ4v) is 3.81. The van der Waals surface area contributed by atoms with E-state index in [1.807, 2.05) is 12.1 Å². The van der Waals surface area contributed by atoms with Crippen LogP contribution in [-0.2, 0) is 12.2 Å². The van der Waals surface area contributed by atoms with Gasteiger partial charge in [0.25, 0.3) is 5.89 Å². The van der Waals surface area contributed by atoms with Crippen LogP contribution in [0.1, 0.15) is 18.4 Å². The number of hydrogen-bond donors (Lipinski definition) is 1. The van der Waals surface area contributed by atoms with Gasteiger partial charge in [-0.15, -0.1) is 20.4 Å². The maximum atomic E-state index is 5.58. The molecule has 0 saturated carbocycles. The first kappa shape index (κ1) is 16.8. The van der Waals surface area contributed by atoms with Crippen molar-refractivity contribution in [1.29, 1.82) is 0 Å². The Balaban J connectivity index is 1.34. The highest BCUT2D eigenvalue weighted by Gasteiger charge is 2.12. The molecule has 0 aliphatic heterocycles. The van der Waals surface area contributed by atoms with Crippen molar-refractivity contribution < 1.29 is 8.83 Å². The summed E-state index contributed by atoms with van der Waals surface area (Å²) in [6.45, 7) is 2.14. The molecule has 4 rings (SSSR count). The molecule has 0 radical (unpaired) electrons. The van der Waals surface area contributed by atoms with Crippen LogP contribution in [0, 0.1) is 0 Å². The number of aryl methyl sites for hydroxylation is 1. The summed E-state index contributed by atoms with van der Waals surface area (Å²) in [6, 6.07) is 11.8. The molecule has 0 amide bonds. The van der Waals surface area contributed by atoms with E-state index < -0.39 is 0 Å². The van der Waals surface area contributed by atoms with Gasteiger partial charge in [-0.3, -0.25) is 0 Å². The Morgan fingerprint density at radius 1 is 1.08 bits per heavy atom. The highest BCUT2D eigenvalue weighted by Crippen LogP contribution is 2.30. The maximum Gasteiger partial charge on any atom is 0.283 e. The highest BCUT2D eigenvalue weighted by molar-refractivity contribution is 8.00. The third-order valence-electron chi connectivity index (χ3n) is 3.54. The molecule has 0 aliphatic rings. The van der Waals surface area contributed by atoms with Crippen molar-refractivity contribution in [3.8, 4) is 11.7 Å². The minimum Gasteiger partial charge on any atom is -0.459 e. The van der Waals surface area contributed by atoms with Gasteiger partial charge in [0.1, 0.15) is 0 Å². The van der Waals surface area contributed by atoms with E-state index in [-0.39, 0.29) is 0 Å². The quantitative estimate of drug-likeness (QED) is 0.455. The van der Waals surface area contributed by atoms with Crippen LogP contribution in [0.5, 0.6) is 0 Å². The monoisotopic (exact) mass is 385 g/mol. The Bertz CT molecular complexity index is 963. The van der Waals surface area contributed by atoms with E-state index in [1.54, 1.807) is 18.4 Å². The molecule has 0 unspecified atom stereocenters. The molecule has 1 aromatic carbocycles. The molecule has 132 valence electrons. The van der Waals surface area contributed by atoms with E-state index in [2.05, 4.69) is 44.8 Å². The van der Waals surface area contributed by atoms with Crippen molar-refractivity contribution in [2.24, 2.45) is 0 Å². The van der Waals surface area contributed by atoms with Crippen LogP contribution in [0.4, 0.5) is 10.8 Å².